The average Bonchev–Trinajstić information content (AvgIpc) is 2.43. The molecule has 0 bridgehead atoms. The average molecular weight is 301 g/mol. The van der Waals surface area contributed by atoms with Crippen LogP contribution in [0.5, 0.6) is 0 Å². The van der Waals surface area contributed by atoms with Crippen LogP contribution in [0.15, 0.2) is 18.2 Å². The lowest BCUT2D eigenvalue weighted by molar-refractivity contribution is -0.384. The van der Waals surface area contributed by atoms with Crippen LogP contribution in [0.2, 0.25) is 5.02 Å². The van der Waals surface area contributed by atoms with E-state index < -0.39 is 4.92 Å². The summed E-state index contributed by atoms with van der Waals surface area (Å²) in [6.07, 6.45) is 0.713. The van der Waals surface area contributed by atoms with Gasteiger partial charge in [0, 0.05) is 23.6 Å². The van der Waals surface area contributed by atoms with Crippen LogP contribution in [0.3, 0.4) is 0 Å². The first-order chi connectivity index (χ1) is 9.33. The number of carbonyl (C=O) groups is 1. The Morgan fingerprint density at radius 3 is 2.65 bits per heavy atom. The van der Waals surface area contributed by atoms with E-state index in [0.29, 0.717) is 13.0 Å². The molecule has 0 spiro atoms. The van der Waals surface area contributed by atoms with Gasteiger partial charge in [-0.05, 0) is 18.6 Å². The summed E-state index contributed by atoms with van der Waals surface area (Å²) in [7, 11) is 0. The monoisotopic (exact) mass is 300 g/mol. The highest BCUT2D eigenvalue weighted by atomic mass is 35.5. The number of aliphatic hydroxyl groups is 1. The van der Waals surface area contributed by atoms with E-state index >= 15 is 0 Å². The SMILES string of the molecule is CCC(C)(CO)CNC(=O)c1ccc([N+](=O)[O-])c(Cl)c1. The smallest absolute Gasteiger partial charge is 0.287 e. The molecular weight excluding hydrogens is 284 g/mol. The fourth-order valence-electron chi connectivity index (χ4n) is 1.48. The zero-order valence-electron chi connectivity index (χ0n) is 11.4. The van der Waals surface area contributed by atoms with Gasteiger partial charge < -0.3 is 10.4 Å². The number of nitrogens with one attached hydrogen (secondary N) is 1. The van der Waals surface area contributed by atoms with Gasteiger partial charge in [-0.15, -0.1) is 0 Å². The summed E-state index contributed by atoms with van der Waals surface area (Å²) in [5, 5.41) is 22.5. The number of hydrogen-bond acceptors (Lipinski definition) is 4. The van der Waals surface area contributed by atoms with Gasteiger partial charge in [-0.1, -0.05) is 25.4 Å². The van der Waals surface area contributed by atoms with Crippen LogP contribution in [-0.2, 0) is 0 Å². The highest BCUT2D eigenvalue weighted by Gasteiger charge is 2.22. The molecule has 6 nitrogen and oxygen atoms in total. The van der Waals surface area contributed by atoms with Crippen LogP contribution in [0.4, 0.5) is 5.69 Å². The Morgan fingerprint density at radius 1 is 1.55 bits per heavy atom. The number of benzene rings is 1. The van der Waals surface area contributed by atoms with Crippen molar-refractivity contribution in [1.29, 1.82) is 0 Å². The first kappa shape index (κ1) is 16.4. The minimum absolute atomic E-state index is 0.0369. The Labute approximate surface area is 121 Å². The van der Waals surface area contributed by atoms with Gasteiger partial charge in [-0.25, -0.2) is 0 Å². The zero-order chi connectivity index (χ0) is 15.3. The first-order valence-corrected chi connectivity index (χ1v) is 6.54. The summed E-state index contributed by atoms with van der Waals surface area (Å²) in [5.74, 6) is -0.380. The second-order valence-corrected chi connectivity index (χ2v) is 5.34. The lowest BCUT2D eigenvalue weighted by Gasteiger charge is -2.25. The molecule has 0 saturated heterocycles. The largest absolute Gasteiger partial charge is 0.396 e. The summed E-state index contributed by atoms with van der Waals surface area (Å²) in [5.41, 5.74) is -0.380. The van der Waals surface area contributed by atoms with Gasteiger partial charge in [0.15, 0.2) is 0 Å². The van der Waals surface area contributed by atoms with Crippen LogP contribution < -0.4 is 5.32 Å². The molecule has 0 saturated carbocycles. The molecule has 110 valence electrons. The molecule has 1 atom stereocenters. The van der Waals surface area contributed by atoms with Crippen LogP contribution in [0, 0.1) is 15.5 Å². The van der Waals surface area contributed by atoms with Gasteiger partial charge in [-0.3, -0.25) is 14.9 Å². The molecule has 0 aliphatic heterocycles. The zero-order valence-corrected chi connectivity index (χ0v) is 12.1. The molecule has 1 unspecified atom stereocenters. The Balaban J connectivity index is 2.79. The highest BCUT2D eigenvalue weighted by molar-refractivity contribution is 6.33. The normalized spacial score (nSPS) is 13.6. The van der Waals surface area contributed by atoms with Crippen molar-refractivity contribution in [3.8, 4) is 0 Å². The molecule has 1 aromatic carbocycles. The van der Waals surface area contributed by atoms with Crippen molar-refractivity contribution in [3.05, 3.63) is 38.9 Å². The van der Waals surface area contributed by atoms with E-state index in [9.17, 15) is 20.0 Å². The maximum Gasteiger partial charge on any atom is 0.287 e. The molecule has 2 N–H and O–H groups in total. The summed E-state index contributed by atoms with van der Waals surface area (Å²) >= 11 is 5.75. The number of aliphatic hydroxyl groups excluding tert-OH is 1. The standard InChI is InChI=1S/C13H17ClN2O4/c1-3-13(2,8-17)7-15-12(18)9-4-5-11(16(19)20)10(14)6-9/h4-6,17H,3,7-8H2,1-2H3,(H,15,18). The molecular formula is C13H17ClN2O4. The van der Waals surface area contributed by atoms with E-state index in [1.807, 2.05) is 13.8 Å². The van der Waals surface area contributed by atoms with E-state index in [-0.39, 0.29) is 34.2 Å². The number of nitro benzene ring substituents is 1. The number of halogens is 1. The number of carbonyl (C=O) groups excluding carboxylic acids is 1. The van der Waals surface area contributed by atoms with Crippen molar-refractivity contribution in [2.24, 2.45) is 5.41 Å². The molecule has 0 aliphatic rings. The summed E-state index contributed by atoms with van der Waals surface area (Å²) in [6.45, 7) is 4.06. The fraction of sp³-hybridized carbons (Fsp3) is 0.462. The van der Waals surface area contributed by atoms with Crippen LogP contribution in [0.25, 0.3) is 0 Å². The minimum atomic E-state index is -0.607. The first-order valence-electron chi connectivity index (χ1n) is 6.16. The Hall–Kier alpha value is -1.66. The third-order valence-corrected chi connectivity index (χ3v) is 3.62. The van der Waals surface area contributed by atoms with Crippen LogP contribution in [0.1, 0.15) is 30.6 Å². The van der Waals surface area contributed by atoms with Crippen molar-refractivity contribution in [2.75, 3.05) is 13.2 Å². The number of hydrogen-bond donors (Lipinski definition) is 2. The van der Waals surface area contributed by atoms with E-state index in [0.717, 1.165) is 0 Å². The van der Waals surface area contributed by atoms with Crippen LogP contribution in [-0.4, -0.2) is 29.1 Å². The molecule has 0 aliphatic carbocycles. The van der Waals surface area contributed by atoms with Crippen molar-refractivity contribution >= 4 is 23.2 Å². The number of rotatable bonds is 6. The maximum atomic E-state index is 11.9. The summed E-state index contributed by atoms with van der Waals surface area (Å²) in [6, 6.07) is 3.81. The van der Waals surface area contributed by atoms with E-state index in [1.165, 1.54) is 18.2 Å². The molecule has 1 rings (SSSR count). The lowest BCUT2D eigenvalue weighted by atomic mass is 9.88. The molecule has 0 radical (unpaired) electrons. The predicted molar refractivity (Wildman–Crippen MR) is 75.9 cm³/mol. The Bertz CT molecular complexity index is 515. The second-order valence-electron chi connectivity index (χ2n) is 4.93. The van der Waals surface area contributed by atoms with E-state index in [1.54, 1.807) is 0 Å². The van der Waals surface area contributed by atoms with E-state index in [4.69, 9.17) is 11.6 Å². The number of nitrogens with zero attached hydrogens (tertiary/aromatic N) is 1. The third-order valence-electron chi connectivity index (χ3n) is 3.32. The molecule has 7 heteroatoms. The molecule has 0 aromatic heterocycles. The topological polar surface area (TPSA) is 92.5 Å². The molecule has 20 heavy (non-hydrogen) atoms. The number of amides is 1. The summed E-state index contributed by atoms with van der Waals surface area (Å²) < 4.78 is 0. The second kappa shape index (κ2) is 6.67. The summed E-state index contributed by atoms with van der Waals surface area (Å²) in [4.78, 5) is 22.0. The van der Waals surface area contributed by atoms with Crippen molar-refractivity contribution < 1.29 is 14.8 Å². The van der Waals surface area contributed by atoms with Crippen molar-refractivity contribution in [1.82, 2.24) is 5.32 Å². The van der Waals surface area contributed by atoms with Gasteiger partial charge >= 0.3 is 0 Å². The number of nitro groups is 1. The maximum absolute atomic E-state index is 11.9. The molecule has 1 amide bonds. The van der Waals surface area contributed by atoms with Gasteiger partial charge in [-0.2, -0.15) is 0 Å². The molecule has 0 fully saturated rings. The molecule has 0 heterocycles. The lowest BCUT2D eigenvalue weighted by Crippen LogP contribution is -2.37. The predicted octanol–water partition coefficient (Wildman–Crippen LogP) is 2.39. The van der Waals surface area contributed by atoms with E-state index in [2.05, 4.69) is 5.32 Å². The Morgan fingerprint density at radius 2 is 2.20 bits per heavy atom. The van der Waals surface area contributed by atoms with Crippen molar-refractivity contribution in [3.63, 3.8) is 0 Å². The van der Waals surface area contributed by atoms with Gasteiger partial charge in [0.2, 0.25) is 0 Å². The highest BCUT2D eigenvalue weighted by Crippen LogP contribution is 2.25. The quantitative estimate of drug-likeness (QED) is 0.623. The third kappa shape index (κ3) is 3.91. The fourth-order valence-corrected chi connectivity index (χ4v) is 1.73. The minimum Gasteiger partial charge on any atom is -0.396 e. The van der Waals surface area contributed by atoms with Gasteiger partial charge in [0.1, 0.15) is 5.02 Å². The Kier molecular flexibility index (Phi) is 5.47. The van der Waals surface area contributed by atoms with Crippen LogP contribution >= 0.6 is 11.6 Å². The van der Waals surface area contributed by atoms with Crippen molar-refractivity contribution in [2.45, 2.75) is 20.3 Å². The van der Waals surface area contributed by atoms with Gasteiger partial charge in [0.25, 0.3) is 11.6 Å². The van der Waals surface area contributed by atoms with Gasteiger partial charge in [0.05, 0.1) is 11.5 Å². The molecule has 1 aromatic rings.